The molecule has 0 saturated heterocycles. The maximum absolute atomic E-state index is 11.4. The maximum atomic E-state index is 11.4. The molecule has 0 saturated carbocycles. The number of carboxylic acids is 1. The summed E-state index contributed by atoms with van der Waals surface area (Å²) >= 11 is 12.1. The molecule has 2 rings (SSSR count). The Morgan fingerprint density at radius 1 is 0.889 bits per heavy atom. The molecule has 27 heavy (non-hydrogen) atoms. The fraction of sp³-hybridized carbons (Fsp3) is 0.348. The Morgan fingerprint density at radius 2 is 1.63 bits per heavy atom. The highest BCUT2D eigenvalue weighted by atomic mass is 35.5. The fourth-order valence-electron chi connectivity index (χ4n) is 3.05. The third kappa shape index (κ3) is 6.12. The third-order valence-corrected chi connectivity index (χ3v) is 5.89. The molecule has 2 nitrogen and oxygen atoms in total. The number of aryl methyl sites for hydroxylation is 3. The number of benzene rings is 2. The van der Waals surface area contributed by atoms with E-state index in [1.807, 2.05) is 18.2 Å². The summed E-state index contributed by atoms with van der Waals surface area (Å²) in [4.78, 5) is 11.4. The molecule has 0 fully saturated rings. The minimum absolute atomic E-state index is 0.333. The SMILES string of the molecule is CC/C(C)=C(/C)CCc1ccc(C(=O)O)cc1CCc1ccc(Cl)c(Cl)c1. The summed E-state index contributed by atoms with van der Waals surface area (Å²) in [6.07, 6.45) is 4.53. The van der Waals surface area contributed by atoms with E-state index in [0.717, 1.165) is 43.2 Å². The van der Waals surface area contributed by atoms with Crippen molar-refractivity contribution in [2.75, 3.05) is 0 Å². The summed E-state index contributed by atoms with van der Waals surface area (Å²) in [5.41, 5.74) is 6.56. The van der Waals surface area contributed by atoms with Gasteiger partial charge in [-0.2, -0.15) is 0 Å². The van der Waals surface area contributed by atoms with E-state index >= 15 is 0 Å². The molecule has 0 amide bonds. The van der Waals surface area contributed by atoms with Gasteiger partial charge in [0.2, 0.25) is 0 Å². The highest BCUT2D eigenvalue weighted by Crippen LogP contribution is 2.25. The highest BCUT2D eigenvalue weighted by Gasteiger charge is 2.10. The topological polar surface area (TPSA) is 37.3 Å². The van der Waals surface area contributed by atoms with E-state index < -0.39 is 5.97 Å². The lowest BCUT2D eigenvalue weighted by molar-refractivity contribution is 0.0696. The van der Waals surface area contributed by atoms with Crippen LogP contribution in [-0.2, 0) is 19.3 Å². The average molecular weight is 405 g/mol. The summed E-state index contributed by atoms with van der Waals surface area (Å²) in [5, 5.41) is 10.4. The molecular weight excluding hydrogens is 379 g/mol. The molecule has 0 atom stereocenters. The predicted molar refractivity (Wildman–Crippen MR) is 114 cm³/mol. The second-order valence-corrected chi connectivity index (χ2v) is 7.77. The molecule has 0 aliphatic rings. The Bertz CT molecular complexity index is 853. The largest absolute Gasteiger partial charge is 0.478 e. The third-order valence-electron chi connectivity index (χ3n) is 5.15. The quantitative estimate of drug-likeness (QED) is 0.473. The van der Waals surface area contributed by atoms with E-state index in [1.165, 1.54) is 16.7 Å². The van der Waals surface area contributed by atoms with Gasteiger partial charge in [-0.25, -0.2) is 4.79 Å². The zero-order chi connectivity index (χ0) is 20.0. The number of rotatable bonds is 8. The van der Waals surface area contributed by atoms with Crippen LogP contribution in [-0.4, -0.2) is 11.1 Å². The first-order chi connectivity index (χ1) is 12.8. The first kappa shape index (κ1) is 21.5. The molecule has 0 spiro atoms. The van der Waals surface area contributed by atoms with Crippen LogP contribution in [0.5, 0.6) is 0 Å². The number of halogens is 2. The van der Waals surface area contributed by atoms with Crippen LogP contribution in [0, 0.1) is 0 Å². The van der Waals surface area contributed by atoms with Crippen molar-refractivity contribution in [3.05, 3.63) is 79.8 Å². The number of hydrogen-bond donors (Lipinski definition) is 1. The summed E-state index contributed by atoms with van der Waals surface area (Å²) in [6, 6.07) is 11.1. The Labute approximate surface area is 171 Å². The minimum atomic E-state index is -0.893. The molecule has 2 aromatic carbocycles. The van der Waals surface area contributed by atoms with Crippen LogP contribution in [0.15, 0.2) is 47.5 Å². The van der Waals surface area contributed by atoms with Crippen LogP contribution < -0.4 is 0 Å². The Kier molecular flexibility index (Phi) is 7.94. The standard InChI is InChI=1S/C23H26Cl2O2/c1-4-15(2)16(3)5-8-18-10-11-20(23(26)27)14-19(18)9-6-17-7-12-21(24)22(25)13-17/h7,10-14H,4-6,8-9H2,1-3H3,(H,26,27)/b16-15-. The maximum Gasteiger partial charge on any atom is 0.335 e. The van der Waals surface area contributed by atoms with Crippen molar-refractivity contribution in [3.8, 4) is 0 Å². The molecule has 0 heterocycles. The smallest absolute Gasteiger partial charge is 0.335 e. The molecule has 0 radical (unpaired) electrons. The van der Waals surface area contributed by atoms with Gasteiger partial charge >= 0.3 is 5.97 Å². The van der Waals surface area contributed by atoms with E-state index in [9.17, 15) is 9.90 Å². The molecule has 0 aromatic heterocycles. The Balaban J connectivity index is 2.21. The molecule has 0 unspecified atom stereocenters. The van der Waals surface area contributed by atoms with E-state index in [-0.39, 0.29) is 0 Å². The average Bonchev–Trinajstić information content (AvgIpc) is 2.66. The second-order valence-electron chi connectivity index (χ2n) is 6.95. The fourth-order valence-corrected chi connectivity index (χ4v) is 3.37. The summed E-state index contributed by atoms with van der Waals surface area (Å²) in [5.74, 6) is -0.893. The lowest BCUT2D eigenvalue weighted by Crippen LogP contribution is -2.03. The van der Waals surface area contributed by atoms with Gasteiger partial charge in [0, 0.05) is 0 Å². The zero-order valence-corrected chi connectivity index (χ0v) is 17.6. The molecule has 0 aliphatic carbocycles. The van der Waals surface area contributed by atoms with Gasteiger partial charge in [0.1, 0.15) is 0 Å². The number of carbonyl (C=O) groups is 1. The van der Waals surface area contributed by atoms with Crippen molar-refractivity contribution >= 4 is 29.2 Å². The van der Waals surface area contributed by atoms with E-state index in [1.54, 1.807) is 18.2 Å². The molecule has 2 aromatic rings. The molecular formula is C23H26Cl2O2. The van der Waals surface area contributed by atoms with Crippen LogP contribution in [0.2, 0.25) is 10.0 Å². The van der Waals surface area contributed by atoms with Gasteiger partial charge in [-0.1, -0.05) is 53.4 Å². The predicted octanol–water partition coefficient (Wildman–Crippen LogP) is 7.16. The molecule has 1 N–H and O–H groups in total. The van der Waals surface area contributed by atoms with E-state index in [4.69, 9.17) is 23.2 Å². The van der Waals surface area contributed by atoms with Gasteiger partial charge in [0.05, 0.1) is 15.6 Å². The number of aromatic carboxylic acids is 1. The summed E-state index contributed by atoms with van der Waals surface area (Å²) in [7, 11) is 0. The Hall–Kier alpha value is -1.77. The minimum Gasteiger partial charge on any atom is -0.478 e. The molecule has 144 valence electrons. The van der Waals surface area contributed by atoms with Gasteiger partial charge in [-0.3, -0.25) is 0 Å². The van der Waals surface area contributed by atoms with Gasteiger partial charge in [0.15, 0.2) is 0 Å². The van der Waals surface area contributed by atoms with Gasteiger partial charge in [-0.15, -0.1) is 0 Å². The van der Waals surface area contributed by atoms with Crippen molar-refractivity contribution in [1.82, 2.24) is 0 Å². The van der Waals surface area contributed by atoms with Gasteiger partial charge in [0.25, 0.3) is 0 Å². The summed E-state index contributed by atoms with van der Waals surface area (Å²) in [6.45, 7) is 6.52. The number of carboxylic acid groups (broad SMARTS) is 1. The molecule has 0 bridgehead atoms. The lowest BCUT2D eigenvalue weighted by Gasteiger charge is -2.13. The van der Waals surface area contributed by atoms with E-state index in [2.05, 4.69) is 20.8 Å². The van der Waals surface area contributed by atoms with Crippen LogP contribution in [0.3, 0.4) is 0 Å². The van der Waals surface area contributed by atoms with E-state index in [0.29, 0.717) is 15.6 Å². The Morgan fingerprint density at radius 3 is 2.26 bits per heavy atom. The first-order valence-electron chi connectivity index (χ1n) is 9.26. The molecule has 4 heteroatoms. The molecule has 0 aliphatic heterocycles. The zero-order valence-electron chi connectivity index (χ0n) is 16.1. The van der Waals surface area contributed by atoms with Crippen LogP contribution in [0.1, 0.15) is 60.7 Å². The van der Waals surface area contributed by atoms with Crippen LogP contribution in [0.25, 0.3) is 0 Å². The number of hydrogen-bond acceptors (Lipinski definition) is 1. The summed E-state index contributed by atoms with van der Waals surface area (Å²) < 4.78 is 0. The first-order valence-corrected chi connectivity index (χ1v) is 10.0. The highest BCUT2D eigenvalue weighted by molar-refractivity contribution is 6.42. The second kappa shape index (κ2) is 9.96. The normalized spacial score (nSPS) is 12.0. The van der Waals surface area contributed by atoms with Crippen molar-refractivity contribution in [1.29, 1.82) is 0 Å². The monoisotopic (exact) mass is 404 g/mol. The lowest BCUT2D eigenvalue weighted by atomic mass is 9.93. The van der Waals surface area contributed by atoms with Crippen LogP contribution in [0.4, 0.5) is 0 Å². The van der Waals surface area contributed by atoms with Crippen molar-refractivity contribution in [2.24, 2.45) is 0 Å². The van der Waals surface area contributed by atoms with Crippen molar-refractivity contribution < 1.29 is 9.90 Å². The van der Waals surface area contributed by atoms with Gasteiger partial charge < -0.3 is 5.11 Å². The van der Waals surface area contributed by atoms with Gasteiger partial charge in [-0.05, 0) is 86.9 Å². The van der Waals surface area contributed by atoms with Crippen molar-refractivity contribution in [2.45, 2.75) is 52.9 Å². The number of allylic oxidation sites excluding steroid dienone is 2. The van der Waals surface area contributed by atoms with Crippen LogP contribution >= 0.6 is 23.2 Å². The van der Waals surface area contributed by atoms with Crippen molar-refractivity contribution in [3.63, 3.8) is 0 Å².